The van der Waals surface area contributed by atoms with Gasteiger partial charge in [-0.25, -0.2) is 0 Å². The van der Waals surface area contributed by atoms with Gasteiger partial charge in [0.25, 0.3) is 5.91 Å². The fraction of sp³-hybridized carbons (Fsp3) is 0.333. The van der Waals surface area contributed by atoms with Gasteiger partial charge in [0.2, 0.25) is 5.91 Å². The number of hydrogen-bond acceptors (Lipinski definition) is 4. The van der Waals surface area contributed by atoms with Gasteiger partial charge in [-0.05, 0) is 25.1 Å². The van der Waals surface area contributed by atoms with Gasteiger partial charge < -0.3 is 15.3 Å². The molecule has 1 atom stereocenters. The number of aromatic nitrogens is 2. The minimum absolute atomic E-state index is 0.0321. The summed E-state index contributed by atoms with van der Waals surface area (Å²) in [6.45, 7) is 2.18. The van der Waals surface area contributed by atoms with Crippen LogP contribution in [0.25, 0.3) is 11.3 Å². The summed E-state index contributed by atoms with van der Waals surface area (Å²) in [7, 11) is 0. The number of carbonyl (C=O) groups excluding carboxylic acids is 2. The van der Waals surface area contributed by atoms with Gasteiger partial charge in [0.05, 0.1) is 24.7 Å². The zero-order valence-corrected chi connectivity index (χ0v) is 15.4. The highest BCUT2D eigenvalue weighted by atomic mass is 35.5. The van der Waals surface area contributed by atoms with Crippen molar-refractivity contribution in [3.63, 3.8) is 0 Å². The number of halogens is 1. The Balaban J connectivity index is 1.73. The summed E-state index contributed by atoms with van der Waals surface area (Å²) < 4.78 is 1.67. The molecule has 3 rings (SSSR count). The average molecular weight is 391 g/mol. The largest absolute Gasteiger partial charge is 0.481 e. The fourth-order valence-corrected chi connectivity index (χ4v) is 3.09. The molecule has 1 aromatic heterocycles. The molecule has 142 valence electrons. The number of aliphatic carboxylic acids is 1. The molecular weight excluding hydrogens is 372 g/mol. The summed E-state index contributed by atoms with van der Waals surface area (Å²) in [5, 5.41) is 16.3. The van der Waals surface area contributed by atoms with Gasteiger partial charge in [-0.2, -0.15) is 5.10 Å². The van der Waals surface area contributed by atoms with Gasteiger partial charge >= 0.3 is 5.97 Å². The van der Waals surface area contributed by atoms with E-state index in [2.05, 4.69) is 10.4 Å². The molecule has 1 aromatic carbocycles. The molecule has 0 saturated carbocycles. The lowest BCUT2D eigenvalue weighted by atomic mass is 10.1. The molecule has 27 heavy (non-hydrogen) atoms. The maximum Gasteiger partial charge on any atom is 0.305 e. The summed E-state index contributed by atoms with van der Waals surface area (Å²) in [6.07, 6.45) is -0.159. The van der Waals surface area contributed by atoms with Gasteiger partial charge in [-0.15, -0.1) is 0 Å². The second-order valence-electron chi connectivity index (χ2n) is 6.39. The van der Waals surface area contributed by atoms with E-state index in [0.717, 1.165) is 5.56 Å². The molecule has 0 aliphatic carbocycles. The summed E-state index contributed by atoms with van der Waals surface area (Å²) in [4.78, 5) is 36.7. The van der Waals surface area contributed by atoms with Crippen LogP contribution in [0.15, 0.2) is 30.3 Å². The van der Waals surface area contributed by atoms with E-state index < -0.39 is 5.97 Å². The monoisotopic (exact) mass is 390 g/mol. The van der Waals surface area contributed by atoms with E-state index in [1.807, 2.05) is 19.1 Å². The van der Waals surface area contributed by atoms with E-state index in [0.29, 0.717) is 23.0 Å². The van der Waals surface area contributed by atoms with Crippen LogP contribution in [0.1, 0.15) is 29.9 Å². The van der Waals surface area contributed by atoms with Crippen molar-refractivity contribution in [1.82, 2.24) is 20.0 Å². The second kappa shape index (κ2) is 7.79. The predicted molar refractivity (Wildman–Crippen MR) is 98.6 cm³/mol. The molecule has 2 aromatic rings. The van der Waals surface area contributed by atoms with Gasteiger partial charge in [0.15, 0.2) is 0 Å². The third-order valence-corrected chi connectivity index (χ3v) is 4.53. The lowest BCUT2D eigenvalue weighted by Gasteiger charge is -2.31. The van der Waals surface area contributed by atoms with Crippen molar-refractivity contribution in [2.45, 2.75) is 19.4 Å². The van der Waals surface area contributed by atoms with Crippen molar-refractivity contribution < 1.29 is 19.5 Å². The first-order valence-corrected chi connectivity index (χ1v) is 8.86. The number of carbonyl (C=O) groups is 3. The topological polar surface area (TPSA) is 105 Å². The first kappa shape index (κ1) is 18.9. The Morgan fingerprint density at radius 1 is 1.33 bits per heavy atom. The van der Waals surface area contributed by atoms with Crippen LogP contribution in [-0.4, -0.2) is 57.2 Å². The van der Waals surface area contributed by atoms with Crippen molar-refractivity contribution in [2.24, 2.45) is 0 Å². The molecule has 2 amide bonds. The fourth-order valence-electron chi connectivity index (χ4n) is 2.97. The molecule has 2 heterocycles. The molecule has 0 spiro atoms. The van der Waals surface area contributed by atoms with Gasteiger partial charge in [0.1, 0.15) is 5.69 Å². The molecule has 0 unspecified atom stereocenters. The smallest absolute Gasteiger partial charge is 0.305 e. The molecule has 0 saturated heterocycles. The number of rotatable bonds is 6. The number of amides is 2. The molecule has 1 aliphatic rings. The summed E-state index contributed by atoms with van der Waals surface area (Å²) in [5.74, 6) is -1.66. The molecule has 9 heteroatoms. The third-order valence-electron chi connectivity index (χ3n) is 4.28. The zero-order chi connectivity index (χ0) is 19.6. The number of carboxylic acids is 1. The number of nitrogens with one attached hydrogen (secondary N) is 1. The van der Waals surface area contributed by atoms with Crippen molar-refractivity contribution in [3.8, 4) is 11.3 Å². The van der Waals surface area contributed by atoms with E-state index in [4.69, 9.17) is 16.7 Å². The molecule has 0 bridgehead atoms. The standard InChI is InChI=1S/C18H19ClN4O4/c1-11-9-22(10-16(24)20-7-6-17(25)26)18(27)15-8-14(21-23(11)15)12-2-4-13(19)5-3-12/h2-5,8,11H,6-7,9-10H2,1H3,(H,20,24)(H,25,26)/t11-/m0/s1. The molecule has 0 radical (unpaired) electrons. The molecule has 8 nitrogen and oxygen atoms in total. The van der Waals surface area contributed by atoms with Crippen molar-refractivity contribution in [2.75, 3.05) is 19.6 Å². The molecule has 1 aliphatic heterocycles. The number of carboxylic acid groups (broad SMARTS) is 1. The van der Waals surface area contributed by atoms with Crippen molar-refractivity contribution in [3.05, 3.63) is 41.0 Å². The van der Waals surface area contributed by atoms with Gasteiger partial charge in [-0.3, -0.25) is 19.1 Å². The SMILES string of the molecule is C[C@H]1CN(CC(=O)NCCC(=O)O)C(=O)c2cc(-c3ccc(Cl)cc3)nn21. The second-order valence-corrected chi connectivity index (χ2v) is 6.83. The number of fused-ring (bicyclic) bond motifs is 1. The van der Waals surface area contributed by atoms with E-state index in [9.17, 15) is 14.4 Å². The lowest BCUT2D eigenvalue weighted by molar-refractivity contribution is -0.136. The highest BCUT2D eigenvalue weighted by Crippen LogP contribution is 2.27. The van der Waals surface area contributed by atoms with Crippen LogP contribution < -0.4 is 5.32 Å². The number of nitrogens with zero attached hydrogens (tertiary/aromatic N) is 3. The predicted octanol–water partition coefficient (Wildman–Crippen LogP) is 1.81. The first-order valence-electron chi connectivity index (χ1n) is 8.48. The Bertz CT molecular complexity index is 878. The zero-order valence-electron chi connectivity index (χ0n) is 14.7. The number of benzene rings is 1. The average Bonchev–Trinajstić information content (AvgIpc) is 3.06. The highest BCUT2D eigenvalue weighted by Gasteiger charge is 2.32. The quantitative estimate of drug-likeness (QED) is 0.782. The van der Waals surface area contributed by atoms with E-state index in [1.54, 1.807) is 22.9 Å². The lowest BCUT2D eigenvalue weighted by Crippen LogP contribution is -2.47. The van der Waals surface area contributed by atoms with Crippen LogP contribution in [0.3, 0.4) is 0 Å². The van der Waals surface area contributed by atoms with Crippen molar-refractivity contribution in [1.29, 1.82) is 0 Å². The van der Waals surface area contributed by atoms with Crippen LogP contribution >= 0.6 is 11.6 Å². The van der Waals surface area contributed by atoms with Crippen LogP contribution in [0, 0.1) is 0 Å². The minimum Gasteiger partial charge on any atom is -0.481 e. The summed E-state index contributed by atoms with van der Waals surface area (Å²) in [5.41, 5.74) is 1.92. The minimum atomic E-state index is -0.989. The first-order chi connectivity index (χ1) is 12.8. The maximum atomic E-state index is 12.7. The Morgan fingerprint density at radius 2 is 2.04 bits per heavy atom. The van der Waals surface area contributed by atoms with Gasteiger partial charge in [-0.1, -0.05) is 23.7 Å². The maximum absolute atomic E-state index is 12.7. The highest BCUT2D eigenvalue weighted by molar-refractivity contribution is 6.30. The molecule has 0 fully saturated rings. The third kappa shape index (κ3) is 4.28. The Hall–Kier alpha value is -2.87. The van der Waals surface area contributed by atoms with Crippen LogP contribution in [0.5, 0.6) is 0 Å². The van der Waals surface area contributed by atoms with Crippen LogP contribution in [-0.2, 0) is 9.59 Å². The Kier molecular flexibility index (Phi) is 5.46. The Morgan fingerprint density at radius 3 is 2.70 bits per heavy atom. The summed E-state index contributed by atoms with van der Waals surface area (Å²) >= 11 is 5.91. The van der Waals surface area contributed by atoms with Crippen molar-refractivity contribution >= 4 is 29.4 Å². The normalized spacial score (nSPS) is 16.1. The van der Waals surface area contributed by atoms with Crippen LogP contribution in [0.2, 0.25) is 5.02 Å². The molecule has 2 N–H and O–H groups in total. The summed E-state index contributed by atoms with van der Waals surface area (Å²) in [6, 6.07) is 8.79. The Labute approximate surface area is 160 Å². The van der Waals surface area contributed by atoms with Crippen LogP contribution in [0.4, 0.5) is 0 Å². The van der Waals surface area contributed by atoms with E-state index in [-0.39, 0.29) is 37.4 Å². The number of hydrogen-bond donors (Lipinski definition) is 2. The van der Waals surface area contributed by atoms with Gasteiger partial charge in [0, 0.05) is 23.7 Å². The molecular formula is C18H19ClN4O4. The van der Waals surface area contributed by atoms with E-state index >= 15 is 0 Å². The van der Waals surface area contributed by atoms with E-state index in [1.165, 1.54) is 4.90 Å².